The van der Waals surface area contributed by atoms with Crippen molar-refractivity contribution in [3.8, 4) is 0 Å². The lowest BCUT2D eigenvalue weighted by Crippen LogP contribution is -2.32. The Bertz CT molecular complexity index is 420. The molecule has 1 heterocycles. The molecule has 2 N–H and O–H groups in total. The van der Waals surface area contributed by atoms with Crippen LogP contribution >= 0.6 is 12.4 Å². The van der Waals surface area contributed by atoms with Gasteiger partial charge in [-0.15, -0.1) is 12.4 Å². The average molecular weight is 255 g/mol. The molecule has 17 heavy (non-hydrogen) atoms. The summed E-state index contributed by atoms with van der Waals surface area (Å²) in [6, 6.07) is 6.01. The molecule has 0 unspecified atom stereocenters. The monoisotopic (exact) mass is 254 g/mol. The van der Waals surface area contributed by atoms with Gasteiger partial charge in [0.15, 0.2) is 0 Å². The van der Waals surface area contributed by atoms with Crippen molar-refractivity contribution in [3.63, 3.8) is 0 Å². The topological polar surface area (TPSA) is 46.3 Å². The van der Waals surface area contributed by atoms with Crippen LogP contribution in [0.5, 0.6) is 0 Å². The molecule has 94 valence electrons. The molecule has 0 radical (unpaired) electrons. The lowest BCUT2D eigenvalue weighted by molar-refractivity contribution is 0.0790. The summed E-state index contributed by atoms with van der Waals surface area (Å²) in [5, 5.41) is 0. The number of carbonyl (C=O) groups excluding carboxylic acids is 1. The van der Waals surface area contributed by atoms with Crippen molar-refractivity contribution < 1.29 is 4.79 Å². The molecule has 1 fully saturated rings. The van der Waals surface area contributed by atoms with Crippen LogP contribution in [-0.4, -0.2) is 29.9 Å². The molecule has 2 rings (SSSR count). The van der Waals surface area contributed by atoms with Gasteiger partial charge < -0.3 is 10.6 Å². The first-order valence-electron chi connectivity index (χ1n) is 5.70. The van der Waals surface area contributed by atoms with Crippen molar-refractivity contribution in [2.75, 3.05) is 13.1 Å². The van der Waals surface area contributed by atoms with E-state index in [1.807, 2.05) is 36.9 Å². The van der Waals surface area contributed by atoms with Crippen LogP contribution in [0.4, 0.5) is 0 Å². The molecule has 1 aliphatic rings. The fraction of sp³-hybridized carbons (Fsp3) is 0.462. The first kappa shape index (κ1) is 14.0. The molecule has 1 aromatic carbocycles. The maximum atomic E-state index is 12.2. The van der Waals surface area contributed by atoms with Gasteiger partial charge in [0.05, 0.1) is 0 Å². The van der Waals surface area contributed by atoms with Crippen LogP contribution in [0.2, 0.25) is 0 Å². The number of halogens is 1. The third-order valence-electron chi connectivity index (χ3n) is 3.35. The van der Waals surface area contributed by atoms with Gasteiger partial charge in [-0.25, -0.2) is 0 Å². The Morgan fingerprint density at radius 2 is 2.12 bits per heavy atom. The number of aryl methyl sites for hydroxylation is 1. The summed E-state index contributed by atoms with van der Waals surface area (Å²) in [4.78, 5) is 14.1. The third kappa shape index (κ3) is 2.79. The normalized spacial score (nSPS) is 19.0. The van der Waals surface area contributed by atoms with Gasteiger partial charge >= 0.3 is 0 Å². The molecular weight excluding hydrogens is 236 g/mol. The molecule has 0 aliphatic carbocycles. The standard InChI is InChI=1S/C13H18N2O.ClH/c1-9-4-3-5-12(10(9)2)13(16)15-7-6-11(14)8-15;/h3-5,11H,6-8,14H2,1-2H3;1H/t11-;/m0./s1. The Hall–Kier alpha value is -1.06. The second-order valence-electron chi connectivity index (χ2n) is 4.55. The fourth-order valence-electron chi connectivity index (χ4n) is 2.12. The van der Waals surface area contributed by atoms with Crippen molar-refractivity contribution in [2.24, 2.45) is 5.73 Å². The van der Waals surface area contributed by atoms with Gasteiger partial charge in [-0.05, 0) is 37.5 Å². The summed E-state index contributed by atoms with van der Waals surface area (Å²) in [6.45, 7) is 5.50. The van der Waals surface area contributed by atoms with Crippen molar-refractivity contribution in [2.45, 2.75) is 26.3 Å². The zero-order valence-corrected chi connectivity index (χ0v) is 11.1. The van der Waals surface area contributed by atoms with E-state index in [1.165, 1.54) is 0 Å². The molecule has 1 aromatic rings. The first-order valence-corrected chi connectivity index (χ1v) is 5.70. The lowest BCUT2D eigenvalue weighted by atomic mass is 10.0. The van der Waals surface area contributed by atoms with E-state index in [4.69, 9.17) is 5.73 Å². The zero-order chi connectivity index (χ0) is 11.7. The van der Waals surface area contributed by atoms with Gasteiger partial charge in [0.1, 0.15) is 0 Å². The Balaban J connectivity index is 0.00000144. The number of nitrogens with zero attached hydrogens (tertiary/aromatic N) is 1. The van der Waals surface area contributed by atoms with Crippen LogP contribution in [0.1, 0.15) is 27.9 Å². The molecule has 0 spiro atoms. The van der Waals surface area contributed by atoms with Crippen LogP contribution in [0.15, 0.2) is 18.2 Å². The molecule has 0 bridgehead atoms. The van der Waals surface area contributed by atoms with E-state index in [0.29, 0.717) is 6.54 Å². The van der Waals surface area contributed by atoms with Gasteiger partial charge in [-0.2, -0.15) is 0 Å². The maximum Gasteiger partial charge on any atom is 0.254 e. The Morgan fingerprint density at radius 1 is 1.41 bits per heavy atom. The highest BCUT2D eigenvalue weighted by Crippen LogP contribution is 2.17. The predicted octanol–water partition coefficient (Wildman–Crippen LogP) is 1.90. The second-order valence-corrected chi connectivity index (χ2v) is 4.55. The number of likely N-dealkylation sites (tertiary alicyclic amines) is 1. The quantitative estimate of drug-likeness (QED) is 0.832. The van der Waals surface area contributed by atoms with Crippen LogP contribution < -0.4 is 5.73 Å². The van der Waals surface area contributed by atoms with E-state index < -0.39 is 0 Å². The molecule has 0 aromatic heterocycles. The summed E-state index contributed by atoms with van der Waals surface area (Å²) < 4.78 is 0. The third-order valence-corrected chi connectivity index (χ3v) is 3.35. The first-order chi connectivity index (χ1) is 7.59. The minimum Gasteiger partial charge on any atom is -0.337 e. The SMILES string of the molecule is Cc1cccc(C(=O)N2CC[C@H](N)C2)c1C.Cl. The molecule has 3 nitrogen and oxygen atoms in total. The zero-order valence-electron chi connectivity index (χ0n) is 10.3. The molecule has 0 saturated carbocycles. The van der Waals surface area contributed by atoms with Gasteiger partial charge in [-0.1, -0.05) is 12.1 Å². The summed E-state index contributed by atoms with van der Waals surface area (Å²) in [6.07, 6.45) is 0.913. The fourth-order valence-corrected chi connectivity index (χ4v) is 2.12. The summed E-state index contributed by atoms with van der Waals surface area (Å²) in [5.41, 5.74) is 8.87. The minimum absolute atomic E-state index is 0. The lowest BCUT2D eigenvalue weighted by Gasteiger charge is -2.17. The summed E-state index contributed by atoms with van der Waals surface area (Å²) in [7, 11) is 0. The number of hydrogen-bond acceptors (Lipinski definition) is 2. The van der Waals surface area contributed by atoms with Crippen LogP contribution in [-0.2, 0) is 0 Å². The van der Waals surface area contributed by atoms with Gasteiger partial charge in [0.2, 0.25) is 0 Å². The van der Waals surface area contributed by atoms with Crippen LogP contribution in [0.25, 0.3) is 0 Å². The van der Waals surface area contributed by atoms with Crippen molar-refractivity contribution in [1.82, 2.24) is 4.90 Å². The molecular formula is C13H19ClN2O. The van der Waals surface area contributed by atoms with Gasteiger partial charge in [0.25, 0.3) is 5.91 Å². The highest BCUT2D eigenvalue weighted by atomic mass is 35.5. The van der Waals surface area contributed by atoms with Crippen LogP contribution in [0.3, 0.4) is 0 Å². The van der Waals surface area contributed by atoms with E-state index >= 15 is 0 Å². The number of carbonyl (C=O) groups is 1. The number of hydrogen-bond donors (Lipinski definition) is 1. The van der Waals surface area contributed by atoms with E-state index in [1.54, 1.807) is 0 Å². The minimum atomic E-state index is 0. The highest BCUT2D eigenvalue weighted by molar-refractivity contribution is 5.96. The molecule has 1 saturated heterocycles. The van der Waals surface area contributed by atoms with Gasteiger partial charge in [0, 0.05) is 24.7 Å². The van der Waals surface area contributed by atoms with E-state index in [-0.39, 0.29) is 24.4 Å². The molecule has 1 amide bonds. The number of amides is 1. The van der Waals surface area contributed by atoms with Crippen molar-refractivity contribution in [1.29, 1.82) is 0 Å². The van der Waals surface area contributed by atoms with E-state index in [2.05, 4.69) is 0 Å². The molecule has 4 heteroatoms. The smallest absolute Gasteiger partial charge is 0.254 e. The summed E-state index contributed by atoms with van der Waals surface area (Å²) >= 11 is 0. The van der Waals surface area contributed by atoms with Crippen molar-refractivity contribution in [3.05, 3.63) is 34.9 Å². The van der Waals surface area contributed by atoms with Gasteiger partial charge in [-0.3, -0.25) is 4.79 Å². The largest absolute Gasteiger partial charge is 0.337 e. The second kappa shape index (κ2) is 5.52. The highest BCUT2D eigenvalue weighted by Gasteiger charge is 2.25. The van der Waals surface area contributed by atoms with E-state index in [9.17, 15) is 4.79 Å². The van der Waals surface area contributed by atoms with E-state index in [0.717, 1.165) is 29.7 Å². The molecule has 1 atom stereocenters. The number of rotatable bonds is 1. The predicted molar refractivity (Wildman–Crippen MR) is 71.7 cm³/mol. The maximum absolute atomic E-state index is 12.2. The Morgan fingerprint density at radius 3 is 2.71 bits per heavy atom. The molecule has 1 aliphatic heterocycles. The number of benzene rings is 1. The Labute approximate surface area is 108 Å². The average Bonchev–Trinajstić information content (AvgIpc) is 2.68. The number of nitrogens with two attached hydrogens (primary N) is 1. The Kier molecular flexibility index (Phi) is 4.54. The van der Waals surface area contributed by atoms with Crippen molar-refractivity contribution >= 4 is 18.3 Å². The summed E-state index contributed by atoms with van der Waals surface area (Å²) in [5.74, 6) is 0.120. The van der Waals surface area contributed by atoms with Crippen LogP contribution in [0, 0.1) is 13.8 Å².